The van der Waals surface area contributed by atoms with Crippen molar-refractivity contribution in [1.82, 2.24) is 15.0 Å². The lowest BCUT2D eigenvalue weighted by molar-refractivity contribution is -0.908. The van der Waals surface area contributed by atoms with E-state index in [1.807, 2.05) is 13.1 Å². The monoisotopic (exact) mass is 293 g/mol. The van der Waals surface area contributed by atoms with E-state index in [0.29, 0.717) is 18.9 Å². The summed E-state index contributed by atoms with van der Waals surface area (Å²) < 4.78 is 18.5. The summed E-state index contributed by atoms with van der Waals surface area (Å²) in [4.78, 5) is 12.8. The van der Waals surface area contributed by atoms with Gasteiger partial charge in [0.1, 0.15) is 13.1 Å². The van der Waals surface area contributed by atoms with Crippen molar-refractivity contribution < 1.29 is 14.0 Å². The third kappa shape index (κ3) is 3.99. The molecule has 0 aliphatic carbocycles. The molecule has 0 radical (unpaired) electrons. The summed E-state index contributed by atoms with van der Waals surface area (Å²) >= 11 is 0. The van der Waals surface area contributed by atoms with Crippen molar-refractivity contribution in [2.75, 3.05) is 25.6 Å². The van der Waals surface area contributed by atoms with E-state index in [0.717, 1.165) is 10.5 Å². The van der Waals surface area contributed by atoms with Crippen molar-refractivity contribution in [3.8, 4) is 5.75 Å². The molecular weight excluding hydrogens is 275 g/mol. The smallest absolute Gasteiger partial charge is 0.225 e. The highest BCUT2D eigenvalue weighted by Gasteiger charge is 2.11. The first kappa shape index (κ1) is 14.9. The van der Waals surface area contributed by atoms with Crippen LogP contribution < -0.4 is 21.1 Å². The molecule has 0 bridgehead atoms. The van der Waals surface area contributed by atoms with Crippen molar-refractivity contribution in [2.45, 2.75) is 13.1 Å². The number of aromatic nitrogens is 3. The van der Waals surface area contributed by atoms with Gasteiger partial charge in [0.05, 0.1) is 14.2 Å². The van der Waals surface area contributed by atoms with Gasteiger partial charge in [0, 0.05) is 5.56 Å². The zero-order chi connectivity index (χ0) is 15.4. The lowest BCUT2D eigenvalue weighted by atomic mass is 10.2. The summed E-state index contributed by atoms with van der Waals surface area (Å²) in [6, 6.07) is 4.89. The molecule has 7 nitrogen and oxygen atoms in total. The Morgan fingerprint density at radius 2 is 1.81 bits per heavy atom. The second-order valence-electron chi connectivity index (χ2n) is 4.75. The predicted molar refractivity (Wildman–Crippen MR) is 75.9 cm³/mol. The van der Waals surface area contributed by atoms with Gasteiger partial charge >= 0.3 is 0 Å². The quantitative estimate of drug-likeness (QED) is 0.680. The summed E-state index contributed by atoms with van der Waals surface area (Å²) in [5.74, 6) is 0.555. The van der Waals surface area contributed by atoms with E-state index in [-0.39, 0.29) is 23.5 Å². The van der Waals surface area contributed by atoms with Crippen LogP contribution in [-0.2, 0) is 13.1 Å². The van der Waals surface area contributed by atoms with Crippen molar-refractivity contribution in [1.29, 1.82) is 0 Å². The number of halogens is 1. The van der Waals surface area contributed by atoms with E-state index in [9.17, 15) is 4.39 Å². The normalized spacial score (nSPS) is 12.1. The highest BCUT2D eigenvalue weighted by Crippen LogP contribution is 2.17. The van der Waals surface area contributed by atoms with Crippen molar-refractivity contribution in [3.63, 3.8) is 0 Å². The minimum absolute atomic E-state index is 0.0980. The first-order chi connectivity index (χ1) is 9.97. The van der Waals surface area contributed by atoms with Crippen LogP contribution in [0.4, 0.5) is 16.3 Å². The maximum atomic E-state index is 13.6. The fraction of sp³-hybridized carbons (Fsp3) is 0.308. The molecule has 0 aliphatic heterocycles. The fourth-order valence-corrected chi connectivity index (χ4v) is 2.04. The van der Waals surface area contributed by atoms with E-state index >= 15 is 0 Å². The number of nitrogens with zero attached hydrogens (tertiary/aromatic N) is 3. The Balaban J connectivity index is 2.04. The number of nitrogens with one attached hydrogen (secondary N) is 1. The Labute approximate surface area is 121 Å². The Hall–Kier alpha value is -2.48. The summed E-state index contributed by atoms with van der Waals surface area (Å²) in [6.45, 7) is 1.11. The summed E-state index contributed by atoms with van der Waals surface area (Å²) in [5, 5.41) is 0. The van der Waals surface area contributed by atoms with E-state index in [2.05, 4.69) is 15.0 Å². The van der Waals surface area contributed by atoms with E-state index in [4.69, 9.17) is 16.2 Å². The lowest BCUT2D eigenvalue weighted by Crippen LogP contribution is -3.06. The minimum atomic E-state index is -0.378. The van der Waals surface area contributed by atoms with Crippen LogP contribution in [0.2, 0.25) is 0 Å². The minimum Gasteiger partial charge on any atom is -0.494 e. The van der Waals surface area contributed by atoms with Gasteiger partial charge in [0.2, 0.25) is 11.9 Å². The molecule has 0 aliphatic rings. The summed E-state index contributed by atoms with van der Waals surface area (Å²) in [5.41, 5.74) is 11.9. The zero-order valence-electron chi connectivity index (χ0n) is 11.9. The molecule has 1 aromatic heterocycles. The number of rotatable bonds is 5. The van der Waals surface area contributed by atoms with Crippen LogP contribution in [0.15, 0.2) is 18.2 Å². The van der Waals surface area contributed by atoms with Crippen LogP contribution in [0.1, 0.15) is 11.4 Å². The van der Waals surface area contributed by atoms with Gasteiger partial charge in [-0.2, -0.15) is 15.0 Å². The van der Waals surface area contributed by atoms with Gasteiger partial charge in [-0.3, -0.25) is 0 Å². The van der Waals surface area contributed by atoms with Gasteiger partial charge in [-0.25, -0.2) is 4.39 Å². The lowest BCUT2D eigenvalue weighted by Gasteiger charge is -2.14. The number of hydrogen-bond acceptors (Lipinski definition) is 6. The Morgan fingerprint density at radius 1 is 1.14 bits per heavy atom. The average Bonchev–Trinajstić information content (AvgIpc) is 2.37. The molecule has 0 saturated heterocycles. The fourth-order valence-electron chi connectivity index (χ4n) is 2.04. The van der Waals surface area contributed by atoms with Crippen molar-refractivity contribution >= 4 is 11.9 Å². The number of nitrogens with two attached hydrogens (primary N) is 2. The highest BCUT2D eigenvalue weighted by atomic mass is 19.1. The molecular formula is C13H18FN6O+. The first-order valence-corrected chi connectivity index (χ1v) is 6.37. The molecule has 0 saturated carbocycles. The van der Waals surface area contributed by atoms with Gasteiger partial charge in [0.25, 0.3) is 0 Å². The van der Waals surface area contributed by atoms with E-state index in [1.54, 1.807) is 6.07 Å². The van der Waals surface area contributed by atoms with E-state index < -0.39 is 0 Å². The molecule has 21 heavy (non-hydrogen) atoms. The molecule has 1 atom stereocenters. The number of methoxy groups -OCH3 is 1. The SMILES string of the molecule is COc1ccc(C[NH+](C)Cc2nc(N)nc(N)n2)cc1F. The number of quaternary nitrogens is 1. The Bertz CT molecular complexity index is 616. The van der Waals surface area contributed by atoms with Crippen molar-refractivity contribution in [3.05, 3.63) is 35.4 Å². The molecule has 1 aromatic carbocycles. The second kappa shape index (κ2) is 6.31. The number of ether oxygens (including phenoxy) is 1. The van der Waals surface area contributed by atoms with Gasteiger partial charge in [-0.1, -0.05) is 0 Å². The van der Waals surface area contributed by atoms with Gasteiger partial charge in [-0.15, -0.1) is 0 Å². The first-order valence-electron chi connectivity index (χ1n) is 6.37. The zero-order valence-corrected chi connectivity index (χ0v) is 11.9. The van der Waals surface area contributed by atoms with Crippen LogP contribution in [0.5, 0.6) is 5.75 Å². The molecule has 1 heterocycles. The van der Waals surface area contributed by atoms with Crippen molar-refractivity contribution in [2.24, 2.45) is 0 Å². The van der Waals surface area contributed by atoms with Gasteiger partial charge in [-0.05, 0) is 18.2 Å². The van der Waals surface area contributed by atoms with Gasteiger partial charge in [0.15, 0.2) is 17.4 Å². The number of hydrogen-bond donors (Lipinski definition) is 3. The van der Waals surface area contributed by atoms with Crippen LogP contribution in [0.25, 0.3) is 0 Å². The topological polar surface area (TPSA) is 104 Å². The number of nitrogen functional groups attached to an aromatic ring is 2. The largest absolute Gasteiger partial charge is 0.494 e. The molecule has 0 spiro atoms. The highest BCUT2D eigenvalue weighted by molar-refractivity contribution is 5.29. The number of benzene rings is 1. The third-order valence-electron chi connectivity index (χ3n) is 2.90. The molecule has 2 rings (SSSR count). The van der Waals surface area contributed by atoms with Gasteiger partial charge < -0.3 is 21.1 Å². The maximum Gasteiger partial charge on any atom is 0.225 e. The third-order valence-corrected chi connectivity index (χ3v) is 2.90. The van der Waals surface area contributed by atoms with E-state index in [1.165, 1.54) is 13.2 Å². The molecule has 5 N–H and O–H groups in total. The summed E-state index contributed by atoms with van der Waals surface area (Å²) in [7, 11) is 3.38. The standard InChI is InChI=1S/C13H17FN6O/c1-20(7-11-17-12(15)19-13(16)18-11)6-8-3-4-10(21-2)9(14)5-8/h3-5H,6-7H2,1-2H3,(H4,15,16,17,18,19)/p+1. The van der Waals surface area contributed by atoms with Crippen LogP contribution in [0.3, 0.4) is 0 Å². The molecule has 0 amide bonds. The van der Waals surface area contributed by atoms with Crippen LogP contribution >= 0.6 is 0 Å². The average molecular weight is 293 g/mol. The Kier molecular flexibility index (Phi) is 4.49. The predicted octanol–water partition coefficient (Wildman–Crippen LogP) is -0.601. The number of anilines is 2. The van der Waals surface area contributed by atoms with Crippen LogP contribution in [0, 0.1) is 5.82 Å². The maximum absolute atomic E-state index is 13.6. The Morgan fingerprint density at radius 3 is 2.38 bits per heavy atom. The molecule has 2 aromatic rings. The van der Waals surface area contributed by atoms with Crippen LogP contribution in [-0.4, -0.2) is 29.1 Å². The second-order valence-corrected chi connectivity index (χ2v) is 4.75. The molecule has 8 heteroatoms. The molecule has 0 fully saturated rings. The summed E-state index contributed by atoms with van der Waals surface area (Å²) in [6.07, 6.45) is 0. The molecule has 1 unspecified atom stereocenters. The molecule has 112 valence electrons.